The van der Waals surface area contributed by atoms with E-state index in [-0.39, 0.29) is 0 Å². The Morgan fingerprint density at radius 1 is 1.15 bits per heavy atom. The number of piperidine rings is 1. The van der Waals surface area contributed by atoms with Gasteiger partial charge in [-0.05, 0) is 50.5 Å². The predicted octanol–water partition coefficient (Wildman–Crippen LogP) is 1.38. The Labute approximate surface area is 156 Å². The van der Waals surface area contributed by atoms with Crippen molar-refractivity contribution < 1.29 is 13.2 Å². The van der Waals surface area contributed by atoms with Gasteiger partial charge in [0.05, 0.1) is 18.9 Å². The summed E-state index contributed by atoms with van der Waals surface area (Å²) in [5, 5.41) is 4.51. The maximum absolute atomic E-state index is 13.0. The second kappa shape index (κ2) is 6.89. The minimum absolute atomic E-state index is 0.309. The van der Waals surface area contributed by atoms with Crippen molar-refractivity contribution >= 4 is 10.0 Å². The Hall–Kier alpha value is -0.960. The van der Waals surface area contributed by atoms with Crippen LogP contribution in [0.15, 0.2) is 11.1 Å². The van der Waals surface area contributed by atoms with E-state index in [0.29, 0.717) is 29.6 Å². The van der Waals surface area contributed by atoms with Crippen LogP contribution in [-0.2, 0) is 21.8 Å². The van der Waals surface area contributed by atoms with E-state index in [9.17, 15) is 8.42 Å². The third kappa shape index (κ3) is 3.32. The molecule has 8 heteroatoms. The summed E-state index contributed by atoms with van der Waals surface area (Å²) in [6, 6.07) is 2.32. The highest BCUT2D eigenvalue weighted by atomic mass is 32.2. The summed E-state index contributed by atoms with van der Waals surface area (Å²) in [6.45, 7) is 6.86. The van der Waals surface area contributed by atoms with Crippen molar-refractivity contribution in [3.8, 4) is 0 Å². The molecule has 3 fully saturated rings. The van der Waals surface area contributed by atoms with Crippen molar-refractivity contribution in [2.45, 2.75) is 50.1 Å². The quantitative estimate of drug-likeness (QED) is 0.790. The van der Waals surface area contributed by atoms with Crippen molar-refractivity contribution in [1.29, 1.82) is 0 Å². The third-order valence-electron chi connectivity index (χ3n) is 6.58. The Morgan fingerprint density at radius 2 is 1.85 bits per heavy atom. The fourth-order valence-corrected chi connectivity index (χ4v) is 6.67. The topological polar surface area (TPSA) is 67.7 Å². The monoisotopic (exact) mass is 382 g/mol. The molecule has 0 aromatic carbocycles. The molecule has 3 aliphatic rings. The summed E-state index contributed by atoms with van der Waals surface area (Å²) in [5.41, 5.74) is 1.07. The third-order valence-corrected chi connectivity index (χ3v) is 8.54. The molecule has 2 saturated heterocycles. The first-order valence-electron chi connectivity index (χ1n) is 9.72. The highest BCUT2D eigenvalue weighted by Gasteiger charge is 2.45. The molecule has 0 amide bonds. The van der Waals surface area contributed by atoms with Crippen LogP contribution in [-0.4, -0.2) is 72.8 Å². The number of hydrogen-bond acceptors (Lipinski definition) is 5. The van der Waals surface area contributed by atoms with Gasteiger partial charge in [0.1, 0.15) is 0 Å². The maximum atomic E-state index is 13.0. The predicted molar refractivity (Wildman–Crippen MR) is 98.4 cm³/mol. The first kappa shape index (κ1) is 18.4. The minimum Gasteiger partial charge on any atom is -0.379 e. The Morgan fingerprint density at radius 3 is 2.46 bits per heavy atom. The number of sulfonamides is 1. The standard InChI is InChI=1S/C18H30N4O3S/c1-15-13-17(20(2)19-15)26(23,24)22-7-5-18(6-8-22)4-3-16(14-18)21-9-11-25-12-10-21/h13,16H,3-12,14H2,1-2H3. The fraction of sp³-hybridized carbons (Fsp3) is 0.833. The molecule has 1 unspecified atom stereocenters. The molecular formula is C18H30N4O3S. The van der Waals surface area contributed by atoms with Gasteiger partial charge in [-0.3, -0.25) is 9.58 Å². The van der Waals surface area contributed by atoms with Gasteiger partial charge in [0.25, 0.3) is 10.0 Å². The molecule has 1 aromatic rings. The summed E-state index contributed by atoms with van der Waals surface area (Å²) in [5.74, 6) is 0. The smallest absolute Gasteiger partial charge is 0.260 e. The zero-order chi connectivity index (χ0) is 18.4. The molecule has 2 aliphatic heterocycles. The van der Waals surface area contributed by atoms with E-state index in [1.807, 2.05) is 6.92 Å². The highest BCUT2D eigenvalue weighted by Crippen LogP contribution is 2.48. The first-order valence-corrected chi connectivity index (χ1v) is 11.2. The van der Waals surface area contributed by atoms with Gasteiger partial charge >= 0.3 is 0 Å². The van der Waals surface area contributed by atoms with Crippen molar-refractivity contribution in [3.05, 3.63) is 11.8 Å². The summed E-state index contributed by atoms with van der Waals surface area (Å²) in [4.78, 5) is 2.58. The molecule has 0 N–H and O–H groups in total. The first-order chi connectivity index (χ1) is 12.4. The second-order valence-electron chi connectivity index (χ2n) is 8.20. The Bertz CT molecular complexity index is 746. The molecule has 26 heavy (non-hydrogen) atoms. The molecule has 1 atom stereocenters. The van der Waals surface area contributed by atoms with Crippen LogP contribution >= 0.6 is 0 Å². The number of ether oxygens (including phenoxy) is 1. The van der Waals surface area contributed by atoms with E-state index in [4.69, 9.17) is 4.74 Å². The van der Waals surface area contributed by atoms with Gasteiger partial charge in [-0.2, -0.15) is 9.40 Å². The van der Waals surface area contributed by atoms with Crippen LogP contribution in [0.4, 0.5) is 0 Å². The summed E-state index contributed by atoms with van der Waals surface area (Å²) in [7, 11) is -1.74. The van der Waals surface area contributed by atoms with Crippen LogP contribution in [0.25, 0.3) is 0 Å². The molecule has 4 rings (SSSR count). The molecule has 1 aromatic heterocycles. The zero-order valence-electron chi connectivity index (χ0n) is 15.9. The number of morpholine rings is 1. The van der Waals surface area contributed by atoms with Crippen LogP contribution in [0, 0.1) is 12.3 Å². The van der Waals surface area contributed by atoms with E-state index >= 15 is 0 Å². The summed E-state index contributed by atoms with van der Waals surface area (Å²) < 4.78 is 34.6. The summed E-state index contributed by atoms with van der Waals surface area (Å²) >= 11 is 0. The molecule has 1 spiro atoms. The molecule has 1 saturated carbocycles. The van der Waals surface area contributed by atoms with Gasteiger partial charge in [0, 0.05) is 39.3 Å². The average molecular weight is 383 g/mol. The van der Waals surface area contributed by atoms with E-state index in [2.05, 4.69) is 10.00 Å². The lowest BCUT2D eigenvalue weighted by molar-refractivity contribution is 0.0137. The van der Waals surface area contributed by atoms with Gasteiger partial charge in [-0.1, -0.05) is 0 Å². The average Bonchev–Trinajstić information content (AvgIpc) is 3.20. The van der Waals surface area contributed by atoms with Crippen molar-refractivity contribution in [3.63, 3.8) is 0 Å². The SMILES string of the molecule is Cc1cc(S(=O)(=O)N2CCC3(CCC(N4CCOCC4)C3)CC2)n(C)n1. The molecular weight excluding hydrogens is 352 g/mol. The summed E-state index contributed by atoms with van der Waals surface area (Å²) in [6.07, 6.45) is 5.64. The van der Waals surface area contributed by atoms with Crippen LogP contribution in [0.1, 0.15) is 37.8 Å². The molecule has 1 aliphatic carbocycles. The maximum Gasteiger partial charge on any atom is 0.260 e. The minimum atomic E-state index is -3.45. The molecule has 0 radical (unpaired) electrons. The lowest BCUT2D eigenvalue weighted by Crippen LogP contribution is -2.45. The van der Waals surface area contributed by atoms with Gasteiger partial charge in [-0.25, -0.2) is 8.42 Å². The number of aryl methyl sites for hydroxylation is 2. The van der Waals surface area contributed by atoms with Gasteiger partial charge < -0.3 is 4.74 Å². The van der Waals surface area contributed by atoms with E-state index in [0.717, 1.165) is 44.8 Å². The van der Waals surface area contributed by atoms with Gasteiger partial charge in [0.15, 0.2) is 5.03 Å². The van der Waals surface area contributed by atoms with Crippen LogP contribution in [0.2, 0.25) is 0 Å². The largest absolute Gasteiger partial charge is 0.379 e. The van der Waals surface area contributed by atoms with E-state index in [1.165, 1.54) is 23.9 Å². The number of nitrogens with zero attached hydrogens (tertiary/aromatic N) is 4. The van der Waals surface area contributed by atoms with E-state index < -0.39 is 10.0 Å². The Balaban J connectivity index is 1.40. The normalized spacial score (nSPS) is 28.0. The highest BCUT2D eigenvalue weighted by molar-refractivity contribution is 7.89. The fourth-order valence-electron chi connectivity index (χ4n) is 5.05. The Kier molecular flexibility index (Phi) is 4.88. The number of aromatic nitrogens is 2. The van der Waals surface area contributed by atoms with Gasteiger partial charge in [0.2, 0.25) is 0 Å². The van der Waals surface area contributed by atoms with Gasteiger partial charge in [-0.15, -0.1) is 0 Å². The van der Waals surface area contributed by atoms with E-state index in [1.54, 1.807) is 17.4 Å². The van der Waals surface area contributed by atoms with Crippen molar-refractivity contribution in [1.82, 2.24) is 19.0 Å². The number of hydrogen-bond donors (Lipinski definition) is 0. The molecule has 7 nitrogen and oxygen atoms in total. The number of rotatable bonds is 3. The molecule has 146 valence electrons. The zero-order valence-corrected chi connectivity index (χ0v) is 16.7. The lowest BCUT2D eigenvalue weighted by Gasteiger charge is -2.40. The molecule has 0 bridgehead atoms. The van der Waals surface area contributed by atoms with Crippen LogP contribution in [0.5, 0.6) is 0 Å². The van der Waals surface area contributed by atoms with Crippen molar-refractivity contribution in [2.24, 2.45) is 12.5 Å². The van der Waals surface area contributed by atoms with Crippen LogP contribution < -0.4 is 0 Å². The molecule has 3 heterocycles. The van der Waals surface area contributed by atoms with Crippen LogP contribution in [0.3, 0.4) is 0 Å². The lowest BCUT2D eigenvalue weighted by atomic mass is 9.77. The second-order valence-corrected chi connectivity index (χ2v) is 10.1. The van der Waals surface area contributed by atoms with Crippen molar-refractivity contribution in [2.75, 3.05) is 39.4 Å².